The number of carbonyl (C=O) groups excluding carboxylic acids is 1. The number of rotatable bonds is 5. The predicted molar refractivity (Wildman–Crippen MR) is 75.9 cm³/mol. The van der Waals surface area contributed by atoms with Crippen LogP contribution in [0.1, 0.15) is 45.6 Å². The highest BCUT2D eigenvalue weighted by atomic mass is 32.2. The van der Waals surface area contributed by atoms with Crippen LogP contribution in [0.25, 0.3) is 0 Å². The molecule has 3 N–H and O–H groups in total. The van der Waals surface area contributed by atoms with Crippen LogP contribution in [0.15, 0.2) is 5.16 Å². The molecule has 0 radical (unpaired) electrons. The molecule has 1 fully saturated rings. The zero-order valence-corrected chi connectivity index (χ0v) is 12.2. The highest BCUT2D eigenvalue weighted by Gasteiger charge is 2.18. The van der Waals surface area contributed by atoms with Gasteiger partial charge >= 0.3 is 0 Å². The molecular formula is C12H21N5OS. The van der Waals surface area contributed by atoms with E-state index >= 15 is 0 Å². The molecule has 1 aliphatic carbocycles. The Bertz CT molecular complexity index is 439. The van der Waals surface area contributed by atoms with Gasteiger partial charge in [0.1, 0.15) is 0 Å². The van der Waals surface area contributed by atoms with Gasteiger partial charge in [-0.25, -0.2) is 0 Å². The molecule has 1 heterocycles. The maximum Gasteiger partial charge on any atom is 0.230 e. The van der Waals surface area contributed by atoms with Crippen LogP contribution in [0.3, 0.4) is 0 Å². The first-order chi connectivity index (χ1) is 9.08. The van der Waals surface area contributed by atoms with E-state index in [9.17, 15) is 4.79 Å². The molecular weight excluding hydrogens is 262 g/mol. The largest absolute Gasteiger partial charge is 0.368 e. The number of nitrogens with two attached hydrogens (primary N) is 1. The number of carbonyl (C=O) groups is 1. The molecule has 1 amide bonds. The van der Waals surface area contributed by atoms with Gasteiger partial charge in [0.05, 0.1) is 5.75 Å². The molecule has 0 unspecified atom stereocenters. The van der Waals surface area contributed by atoms with Crippen molar-refractivity contribution in [3.8, 4) is 0 Å². The standard InChI is InChI=1S/C12H21N5OS/c1-8(2)17-11(13)15-16-12(17)19-7-10(18)14-9-5-3-4-6-9/h8-9H,3-7H2,1-2H3,(H2,13,15)(H,14,18). The first kappa shape index (κ1) is 14.2. The predicted octanol–water partition coefficient (Wildman–Crippen LogP) is 1.59. The maximum absolute atomic E-state index is 11.8. The monoisotopic (exact) mass is 283 g/mol. The molecule has 0 saturated heterocycles. The lowest BCUT2D eigenvalue weighted by Gasteiger charge is -2.13. The average Bonchev–Trinajstić information content (AvgIpc) is 2.96. The van der Waals surface area contributed by atoms with Crippen LogP contribution in [0.4, 0.5) is 5.95 Å². The fourth-order valence-corrected chi connectivity index (χ4v) is 3.23. The number of hydrogen-bond acceptors (Lipinski definition) is 5. The lowest BCUT2D eigenvalue weighted by atomic mass is 10.2. The smallest absolute Gasteiger partial charge is 0.230 e. The Labute approximate surface area is 117 Å². The summed E-state index contributed by atoms with van der Waals surface area (Å²) in [6.45, 7) is 4.03. The van der Waals surface area contributed by atoms with Crippen molar-refractivity contribution in [2.45, 2.75) is 56.8 Å². The summed E-state index contributed by atoms with van der Waals surface area (Å²) < 4.78 is 1.84. The molecule has 7 heteroatoms. The summed E-state index contributed by atoms with van der Waals surface area (Å²) >= 11 is 1.38. The third kappa shape index (κ3) is 3.62. The minimum Gasteiger partial charge on any atom is -0.368 e. The summed E-state index contributed by atoms with van der Waals surface area (Å²) in [5, 5.41) is 11.6. The fraction of sp³-hybridized carbons (Fsp3) is 0.750. The summed E-state index contributed by atoms with van der Waals surface area (Å²) in [6.07, 6.45) is 4.64. The molecule has 0 spiro atoms. The zero-order chi connectivity index (χ0) is 13.8. The normalized spacial score (nSPS) is 16.2. The van der Waals surface area contributed by atoms with E-state index in [1.54, 1.807) is 0 Å². The quantitative estimate of drug-likeness (QED) is 0.802. The Morgan fingerprint density at radius 1 is 1.47 bits per heavy atom. The van der Waals surface area contributed by atoms with Gasteiger partial charge in [0.2, 0.25) is 11.9 Å². The Balaban J connectivity index is 1.86. The van der Waals surface area contributed by atoms with Gasteiger partial charge in [0.15, 0.2) is 5.16 Å². The summed E-state index contributed by atoms with van der Waals surface area (Å²) in [6, 6.07) is 0.552. The van der Waals surface area contributed by atoms with Crippen LogP contribution in [0, 0.1) is 0 Å². The highest BCUT2D eigenvalue weighted by Crippen LogP contribution is 2.23. The van der Waals surface area contributed by atoms with Crippen LogP contribution < -0.4 is 11.1 Å². The number of thioether (sulfide) groups is 1. The van der Waals surface area contributed by atoms with Gasteiger partial charge in [-0.15, -0.1) is 10.2 Å². The number of anilines is 1. The van der Waals surface area contributed by atoms with Gasteiger partial charge in [-0.3, -0.25) is 9.36 Å². The summed E-state index contributed by atoms with van der Waals surface area (Å²) in [7, 11) is 0. The van der Waals surface area contributed by atoms with Crippen LogP contribution >= 0.6 is 11.8 Å². The van der Waals surface area contributed by atoms with Crippen molar-refractivity contribution >= 4 is 23.6 Å². The Hall–Kier alpha value is -1.24. The van der Waals surface area contributed by atoms with Gasteiger partial charge in [-0.1, -0.05) is 24.6 Å². The van der Waals surface area contributed by atoms with Crippen molar-refractivity contribution in [2.24, 2.45) is 0 Å². The molecule has 1 aliphatic rings. The molecule has 6 nitrogen and oxygen atoms in total. The Morgan fingerprint density at radius 3 is 2.79 bits per heavy atom. The molecule has 0 atom stereocenters. The average molecular weight is 283 g/mol. The molecule has 1 saturated carbocycles. The molecule has 0 aliphatic heterocycles. The topological polar surface area (TPSA) is 85.8 Å². The summed E-state index contributed by atoms with van der Waals surface area (Å²) in [4.78, 5) is 11.8. The molecule has 1 aromatic rings. The number of hydrogen-bond donors (Lipinski definition) is 2. The lowest BCUT2D eigenvalue weighted by molar-refractivity contribution is -0.119. The third-order valence-corrected chi connectivity index (χ3v) is 4.20. The molecule has 0 bridgehead atoms. The van der Waals surface area contributed by atoms with Crippen molar-refractivity contribution in [3.63, 3.8) is 0 Å². The van der Waals surface area contributed by atoms with E-state index in [1.165, 1.54) is 24.6 Å². The highest BCUT2D eigenvalue weighted by molar-refractivity contribution is 7.99. The summed E-state index contributed by atoms with van der Waals surface area (Å²) in [5.41, 5.74) is 5.76. The third-order valence-electron chi connectivity index (χ3n) is 3.26. The number of nitrogens with zero attached hydrogens (tertiary/aromatic N) is 3. The SMILES string of the molecule is CC(C)n1c(N)nnc1SCC(=O)NC1CCCC1. The zero-order valence-electron chi connectivity index (χ0n) is 11.4. The Kier molecular flexibility index (Phi) is 4.68. The Morgan fingerprint density at radius 2 is 2.16 bits per heavy atom. The van der Waals surface area contributed by atoms with Crippen LogP contribution in [0.5, 0.6) is 0 Å². The maximum atomic E-state index is 11.8. The van der Waals surface area contributed by atoms with Gasteiger partial charge in [-0.2, -0.15) is 0 Å². The van der Waals surface area contributed by atoms with Crippen molar-refractivity contribution in [1.82, 2.24) is 20.1 Å². The van der Waals surface area contributed by atoms with Crippen LogP contribution in [0.2, 0.25) is 0 Å². The second kappa shape index (κ2) is 6.27. The van der Waals surface area contributed by atoms with Gasteiger partial charge < -0.3 is 11.1 Å². The van der Waals surface area contributed by atoms with E-state index in [2.05, 4.69) is 15.5 Å². The molecule has 2 rings (SSSR count). The fourth-order valence-electron chi connectivity index (χ4n) is 2.34. The van der Waals surface area contributed by atoms with E-state index in [0.29, 0.717) is 22.9 Å². The van der Waals surface area contributed by atoms with Gasteiger partial charge in [0, 0.05) is 12.1 Å². The van der Waals surface area contributed by atoms with E-state index < -0.39 is 0 Å². The number of nitrogen functional groups attached to an aromatic ring is 1. The second-order valence-electron chi connectivity index (χ2n) is 5.14. The summed E-state index contributed by atoms with van der Waals surface area (Å²) in [5.74, 6) is 0.823. The first-order valence-electron chi connectivity index (χ1n) is 6.70. The second-order valence-corrected chi connectivity index (χ2v) is 6.08. The first-order valence-corrected chi connectivity index (χ1v) is 7.69. The van der Waals surface area contributed by atoms with Crippen molar-refractivity contribution in [3.05, 3.63) is 0 Å². The number of aromatic nitrogens is 3. The van der Waals surface area contributed by atoms with Crippen LogP contribution in [-0.4, -0.2) is 32.5 Å². The molecule has 0 aromatic carbocycles. The molecule has 106 valence electrons. The van der Waals surface area contributed by atoms with Crippen LogP contribution in [-0.2, 0) is 4.79 Å². The van der Waals surface area contributed by atoms with Crippen molar-refractivity contribution < 1.29 is 4.79 Å². The van der Waals surface area contributed by atoms with Gasteiger partial charge in [-0.05, 0) is 26.7 Å². The molecule has 19 heavy (non-hydrogen) atoms. The van der Waals surface area contributed by atoms with E-state index in [4.69, 9.17) is 5.73 Å². The molecule has 1 aromatic heterocycles. The van der Waals surface area contributed by atoms with E-state index in [0.717, 1.165) is 12.8 Å². The van der Waals surface area contributed by atoms with E-state index in [1.807, 2.05) is 18.4 Å². The van der Waals surface area contributed by atoms with Gasteiger partial charge in [0.25, 0.3) is 0 Å². The van der Waals surface area contributed by atoms with E-state index in [-0.39, 0.29) is 11.9 Å². The lowest BCUT2D eigenvalue weighted by Crippen LogP contribution is -2.33. The minimum absolute atomic E-state index is 0.0637. The number of nitrogens with one attached hydrogen (secondary N) is 1. The van der Waals surface area contributed by atoms with Crippen molar-refractivity contribution in [1.29, 1.82) is 0 Å². The number of amides is 1. The van der Waals surface area contributed by atoms with Crippen molar-refractivity contribution in [2.75, 3.05) is 11.5 Å². The minimum atomic E-state index is 0.0637.